The minimum atomic E-state index is -0.175. The molecule has 0 atom stereocenters. The van der Waals surface area contributed by atoms with Crippen molar-refractivity contribution < 1.29 is 4.79 Å². The molecule has 0 unspecified atom stereocenters. The molecule has 9 heteroatoms. The molecule has 0 saturated heterocycles. The van der Waals surface area contributed by atoms with Gasteiger partial charge < -0.3 is 4.90 Å². The summed E-state index contributed by atoms with van der Waals surface area (Å²) < 4.78 is 1.76. The molecule has 0 spiro atoms. The summed E-state index contributed by atoms with van der Waals surface area (Å²) in [6, 6.07) is 9.02. The summed E-state index contributed by atoms with van der Waals surface area (Å²) in [5, 5.41) is 1.72. The van der Waals surface area contributed by atoms with Gasteiger partial charge in [-0.1, -0.05) is 50.5 Å². The number of rotatable bonds is 5. The van der Waals surface area contributed by atoms with Gasteiger partial charge in [-0.05, 0) is 56.9 Å². The van der Waals surface area contributed by atoms with Crippen LogP contribution in [0.3, 0.4) is 0 Å². The van der Waals surface area contributed by atoms with Crippen molar-refractivity contribution in [2.75, 3.05) is 32.1 Å². The predicted molar refractivity (Wildman–Crippen MR) is 126 cm³/mol. The predicted octanol–water partition coefficient (Wildman–Crippen LogP) is 6.30. The molecule has 1 aromatic heterocycles. The molecule has 2 aromatic carbocycles. The number of anilines is 1. The number of carbonyl (C=O) groups excluding carboxylic acids is 1. The largest absolute Gasteiger partial charge is 0.308 e. The van der Waals surface area contributed by atoms with E-state index in [1.165, 1.54) is 11.3 Å². The number of hydrogen-bond acceptors (Lipinski definition) is 4. The topological polar surface area (TPSA) is 36.4 Å². The summed E-state index contributed by atoms with van der Waals surface area (Å²) in [6.45, 7) is 3.17. The van der Waals surface area contributed by atoms with Crippen LogP contribution in [0.5, 0.6) is 0 Å². The Labute approximate surface area is 193 Å². The van der Waals surface area contributed by atoms with E-state index in [2.05, 4.69) is 15.9 Å². The van der Waals surface area contributed by atoms with Crippen LogP contribution in [0.25, 0.3) is 10.2 Å². The minimum absolute atomic E-state index is 0. The summed E-state index contributed by atoms with van der Waals surface area (Å²) in [5.74, 6) is -0.175. The Kier molecular flexibility index (Phi) is 8.14. The molecule has 0 N–H and O–H groups in total. The average molecular weight is 524 g/mol. The zero-order valence-electron chi connectivity index (χ0n) is 15.5. The highest BCUT2D eigenvalue weighted by Gasteiger charge is 2.24. The maximum atomic E-state index is 13.3. The number of fused-ring (bicyclic) bond motifs is 1. The fourth-order valence-electron chi connectivity index (χ4n) is 2.65. The van der Waals surface area contributed by atoms with Gasteiger partial charge in [0.15, 0.2) is 5.13 Å². The molecule has 0 radical (unpaired) electrons. The van der Waals surface area contributed by atoms with Crippen molar-refractivity contribution in [1.29, 1.82) is 0 Å². The first-order chi connectivity index (χ1) is 12.8. The third-order valence-electron chi connectivity index (χ3n) is 4.04. The van der Waals surface area contributed by atoms with E-state index >= 15 is 0 Å². The van der Waals surface area contributed by atoms with Crippen LogP contribution in [-0.4, -0.2) is 43.0 Å². The Morgan fingerprint density at radius 2 is 1.89 bits per heavy atom. The molecule has 150 valence electrons. The number of halogens is 4. The molecule has 3 aromatic rings. The van der Waals surface area contributed by atoms with Crippen LogP contribution in [-0.2, 0) is 0 Å². The molecule has 0 aliphatic carbocycles. The molecule has 4 nitrogen and oxygen atoms in total. The number of hydrogen-bond donors (Lipinski definition) is 0. The smallest absolute Gasteiger partial charge is 0.261 e. The summed E-state index contributed by atoms with van der Waals surface area (Å²) in [7, 11) is 3.94. The average Bonchev–Trinajstić information content (AvgIpc) is 3.00. The number of benzene rings is 2. The Morgan fingerprint density at radius 1 is 1.18 bits per heavy atom. The van der Waals surface area contributed by atoms with E-state index in [0.29, 0.717) is 33.8 Å². The van der Waals surface area contributed by atoms with Crippen molar-refractivity contribution in [3.63, 3.8) is 0 Å². The maximum Gasteiger partial charge on any atom is 0.261 e. The second-order valence-corrected chi connectivity index (χ2v) is 9.22. The van der Waals surface area contributed by atoms with Gasteiger partial charge in [0.25, 0.3) is 5.91 Å². The van der Waals surface area contributed by atoms with E-state index in [-0.39, 0.29) is 18.3 Å². The lowest BCUT2D eigenvalue weighted by molar-refractivity contribution is 0.0985. The van der Waals surface area contributed by atoms with Crippen molar-refractivity contribution in [3.05, 3.63) is 56.0 Å². The minimum Gasteiger partial charge on any atom is -0.308 e. The second kappa shape index (κ2) is 9.74. The van der Waals surface area contributed by atoms with E-state index in [9.17, 15) is 4.79 Å². The molecule has 0 bridgehead atoms. The highest BCUT2D eigenvalue weighted by molar-refractivity contribution is 9.10. The highest BCUT2D eigenvalue weighted by atomic mass is 79.9. The lowest BCUT2D eigenvalue weighted by Gasteiger charge is -2.22. The van der Waals surface area contributed by atoms with Crippen molar-refractivity contribution in [1.82, 2.24) is 9.88 Å². The zero-order chi connectivity index (χ0) is 19.7. The molecule has 0 saturated carbocycles. The van der Waals surface area contributed by atoms with E-state index in [1.807, 2.05) is 44.1 Å². The van der Waals surface area contributed by atoms with Gasteiger partial charge in [0.2, 0.25) is 0 Å². The lowest BCUT2D eigenvalue weighted by Crippen LogP contribution is -2.36. The van der Waals surface area contributed by atoms with Gasteiger partial charge in [-0.2, -0.15) is 0 Å². The van der Waals surface area contributed by atoms with Crippen LogP contribution in [0.2, 0.25) is 10.0 Å². The van der Waals surface area contributed by atoms with Gasteiger partial charge in [-0.15, -0.1) is 12.4 Å². The maximum absolute atomic E-state index is 13.3. The van der Waals surface area contributed by atoms with Gasteiger partial charge >= 0.3 is 0 Å². The molecule has 3 rings (SSSR count). The first kappa shape index (κ1) is 23.4. The number of nitrogens with zero attached hydrogens (tertiary/aromatic N) is 3. The molecule has 28 heavy (non-hydrogen) atoms. The fourth-order valence-corrected chi connectivity index (χ4v) is 4.65. The summed E-state index contributed by atoms with van der Waals surface area (Å²) in [4.78, 5) is 21.7. The van der Waals surface area contributed by atoms with Gasteiger partial charge in [0.1, 0.15) is 0 Å². The number of likely N-dealkylation sites (N-methyl/N-ethyl adjacent to an activating group) is 1. The molecule has 1 amide bonds. The second-order valence-electron chi connectivity index (χ2n) is 6.45. The van der Waals surface area contributed by atoms with Crippen LogP contribution in [0.15, 0.2) is 34.8 Å². The zero-order valence-corrected chi connectivity index (χ0v) is 20.2. The number of aromatic nitrogens is 1. The Morgan fingerprint density at radius 3 is 2.57 bits per heavy atom. The molecular weight excluding hydrogens is 505 g/mol. The summed E-state index contributed by atoms with van der Waals surface area (Å²) in [6.07, 6.45) is 0. The molecule has 0 fully saturated rings. The van der Waals surface area contributed by atoms with Gasteiger partial charge in [-0.3, -0.25) is 9.69 Å². The Hall–Kier alpha value is -0.890. The molecule has 0 aliphatic heterocycles. The third-order valence-corrected chi connectivity index (χ3v) is 6.11. The van der Waals surface area contributed by atoms with E-state index in [1.54, 1.807) is 17.0 Å². The number of amides is 1. The molecular formula is C19H19BrCl3N3OS. The SMILES string of the molecule is Cc1cc(Cl)cc2sc(N(CCN(C)C)C(=O)c3cc(Br)ccc3Cl)nc12.Cl. The summed E-state index contributed by atoms with van der Waals surface area (Å²) in [5.41, 5.74) is 2.29. The van der Waals surface area contributed by atoms with Crippen molar-refractivity contribution in [3.8, 4) is 0 Å². The van der Waals surface area contributed by atoms with Crippen molar-refractivity contribution in [2.24, 2.45) is 0 Å². The van der Waals surface area contributed by atoms with Crippen LogP contribution in [0.4, 0.5) is 5.13 Å². The normalized spacial score (nSPS) is 11.0. The monoisotopic (exact) mass is 521 g/mol. The fraction of sp³-hybridized carbons (Fsp3) is 0.263. The van der Waals surface area contributed by atoms with Crippen LogP contribution in [0, 0.1) is 6.92 Å². The van der Waals surface area contributed by atoms with Crippen LogP contribution in [0.1, 0.15) is 15.9 Å². The number of carbonyl (C=O) groups is 1. The van der Waals surface area contributed by atoms with E-state index in [4.69, 9.17) is 28.2 Å². The molecule has 1 heterocycles. The standard InChI is InChI=1S/C19H18BrCl2N3OS.ClH/c1-11-8-13(21)10-16-17(11)23-19(27-16)25(7-6-24(2)3)18(26)14-9-12(20)4-5-15(14)22;/h4-5,8-10H,6-7H2,1-3H3;1H. The van der Waals surface area contributed by atoms with E-state index < -0.39 is 0 Å². The first-order valence-electron chi connectivity index (χ1n) is 8.24. The Bertz CT molecular complexity index is 1010. The van der Waals surface area contributed by atoms with Crippen molar-refractivity contribution >= 4 is 84.1 Å². The van der Waals surface area contributed by atoms with Gasteiger partial charge in [0, 0.05) is 22.6 Å². The van der Waals surface area contributed by atoms with E-state index in [0.717, 1.165) is 20.3 Å². The van der Waals surface area contributed by atoms with Crippen molar-refractivity contribution in [2.45, 2.75) is 6.92 Å². The quantitative estimate of drug-likeness (QED) is 0.394. The van der Waals surface area contributed by atoms with Gasteiger partial charge in [0.05, 0.1) is 20.8 Å². The summed E-state index contributed by atoms with van der Waals surface area (Å²) >= 11 is 17.3. The molecule has 0 aliphatic rings. The number of aryl methyl sites for hydroxylation is 1. The lowest BCUT2D eigenvalue weighted by atomic mass is 10.2. The van der Waals surface area contributed by atoms with Gasteiger partial charge in [-0.25, -0.2) is 4.98 Å². The van der Waals surface area contributed by atoms with Crippen LogP contribution < -0.4 is 4.90 Å². The highest BCUT2D eigenvalue weighted by Crippen LogP contribution is 2.34. The van der Waals surface area contributed by atoms with Crippen LogP contribution >= 0.6 is 62.9 Å². The number of thiazole rings is 1. The Balaban J connectivity index is 0.00000280. The first-order valence-corrected chi connectivity index (χ1v) is 10.6. The third kappa shape index (κ3) is 5.17.